The van der Waals surface area contributed by atoms with E-state index in [1.807, 2.05) is 13.0 Å². The average Bonchev–Trinajstić information content (AvgIpc) is 2.43. The second kappa shape index (κ2) is 13.6. The van der Waals surface area contributed by atoms with E-state index in [0.29, 0.717) is 0 Å². The highest BCUT2D eigenvalue weighted by molar-refractivity contribution is 5.87. The molecule has 0 aliphatic carbocycles. The van der Waals surface area contributed by atoms with Gasteiger partial charge in [0.25, 0.3) is 0 Å². The molecule has 2 heteroatoms. The van der Waals surface area contributed by atoms with E-state index >= 15 is 0 Å². The normalized spacial score (nSPS) is 11.6. The van der Waals surface area contributed by atoms with Crippen LogP contribution in [-0.4, -0.2) is 13.1 Å². The predicted molar refractivity (Wildman–Crippen MR) is 82.2 cm³/mol. The van der Waals surface area contributed by atoms with E-state index < -0.39 is 0 Å². The van der Waals surface area contributed by atoms with Crippen molar-refractivity contribution in [3.63, 3.8) is 0 Å². The molecule has 0 unspecified atom stereocenters. The molecule has 112 valence electrons. The summed E-state index contributed by atoms with van der Waals surface area (Å²) >= 11 is 0. The second-order valence-corrected chi connectivity index (χ2v) is 5.35. The average molecular weight is 268 g/mol. The Morgan fingerprint density at radius 2 is 1.37 bits per heavy atom. The standard InChI is InChI=1S/C17H32O2/c1-4-5-6-7-8-9-10-11-12-13-14-15-16(2)17(18)19-3/h15H,4-14H2,1-3H3. The molecule has 0 fully saturated rings. The highest BCUT2D eigenvalue weighted by atomic mass is 16.5. The second-order valence-electron chi connectivity index (χ2n) is 5.35. The Morgan fingerprint density at radius 3 is 1.84 bits per heavy atom. The maximum absolute atomic E-state index is 11.1. The minimum Gasteiger partial charge on any atom is -0.466 e. The quantitative estimate of drug-likeness (QED) is 0.268. The summed E-state index contributed by atoms with van der Waals surface area (Å²) in [5.74, 6) is -0.202. The minimum absolute atomic E-state index is 0.202. The third kappa shape index (κ3) is 12.0. The first-order valence-electron chi connectivity index (χ1n) is 7.97. The zero-order valence-corrected chi connectivity index (χ0v) is 13.2. The summed E-state index contributed by atoms with van der Waals surface area (Å²) in [4.78, 5) is 11.1. The fourth-order valence-corrected chi connectivity index (χ4v) is 2.19. The largest absolute Gasteiger partial charge is 0.466 e. The summed E-state index contributed by atoms with van der Waals surface area (Å²) in [5, 5.41) is 0. The molecule has 0 amide bonds. The third-order valence-corrected chi connectivity index (χ3v) is 3.52. The van der Waals surface area contributed by atoms with Crippen LogP contribution in [0.4, 0.5) is 0 Å². The lowest BCUT2D eigenvalue weighted by molar-refractivity contribution is -0.136. The van der Waals surface area contributed by atoms with E-state index in [1.54, 1.807) is 0 Å². The zero-order valence-electron chi connectivity index (χ0n) is 13.2. The Kier molecular flexibility index (Phi) is 13.1. The van der Waals surface area contributed by atoms with Crippen LogP contribution in [0.3, 0.4) is 0 Å². The van der Waals surface area contributed by atoms with Gasteiger partial charge in [0.1, 0.15) is 0 Å². The molecule has 0 bridgehead atoms. The van der Waals surface area contributed by atoms with Gasteiger partial charge < -0.3 is 4.74 Å². The van der Waals surface area contributed by atoms with Gasteiger partial charge in [-0.25, -0.2) is 4.79 Å². The molecule has 0 aliphatic heterocycles. The molecule has 0 spiro atoms. The van der Waals surface area contributed by atoms with Crippen LogP contribution in [0.25, 0.3) is 0 Å². The lowest BCUT2D eigenvalue weighted by atomic mass is 10.1. The number of hydrogen-bond acceptors (Lipinski definition) is 2. The van der Waals surface area contributed by atoms with E-state index in [-0.39, 0.29) is 5.97 Å². The molecule has 0 aromatic heterocycles. The number of methoxy groups -OCH3 is 1. The van der Waals surface area contributed by atoms with Crippen molar-refractivity contribution in [2.75, 3.05) is 7.11 Å². The Bertz CT molecular complexity index is 244. The van der Waals surface area contributed by atoms with Gasteiger partial charge in [0, 0.05) is 5.57 Å². The van der Waals surface area contributed by atoms with Crippen molar-refractivity contribution in [1.82, 2.24) is 0 Å². The van der Waals surface area contributed by atoms with Crippen LogP contribution in [0.15, 0.2) is 11.6 Å². The molecule has 0 aliphatic rings. The first-order chi connectivity index (χ1) is 9.22. The van der Waals surface area contributed by atoms with Crippen molar-refractivity contribution in [3.8, 4) is 0 Å². The summed E-state index contributed by atoms with van der Waals surface area (Å²) < 4.78 is 4.66. The number of hydrogen-bond donors (Lipinski definition) is 0. The van der Waals surface area contributed by atoms with Gasteiger partial charge in [-0.05, 0) is 19.8 Å². The van der Waals surface area contributed by atoms with Crippen LogP contribution >= 0.6 is 0 Å². The lowest BCUT2D eigenvalue weighted by Crippen LogP contribution is -2.01. The molecule has 0 heterocycles. The van der Waals surface area contributed by atoms with Gasteiger partial charge in [0.2, 0.25) is 0 Å². The van der Waals surface area contributed by atoms with Crippen LogP contribution in [0, 0.1) is 0 Å². The maximum atomic E-state index is 11.1. The number of carbonyl (C=O) groups is 1. The molecule has 0 saturated heterocycles. The molecule has 2 nitrogen and oxygen atoms in total. The fraction of sp³-hybridized carbons (Fsp3) is 0.824. The molecule has 0 radical (unpaired) electrons. The van der Waals surface area contributed by atoms with Gasteiger partial charge >= 0.3 is 5.97 Å². The first-order valence-corrected chi connectivity index (χ1v) is 7.97. The highest BCUT2D eigenvalue weighted by Gasteiger charge is 2.01. The topological polar surface area (TPSA) is 26.3 Å². The molecule has 0 saturated carbocycles. The van der Waals surface area contributed by atoms with E-state index in [9.17, 15) is 4.79 Å². The van der Waals surface area contributed by atoms with Crippen molar-refractivity contribution < 1.29 is 9.53 Å². The van der Waals surface area contributed by atoms with Gasteiger partial charge in [0.15, 0.2) is 0 Å². The molecule has 0 aromatic carbocycles. The Labute approximate surface area is 119 Å². The van der Waals surface area contributed by atoms with Crippen LogP contribution < -0.4 is 0 Å². The van der Waals surface area contributed by atoms with Crippen LogP contribution in [0.5, 0.6) is 0 Å². The van der Waals surface area contributed by atoms with Crippen LogP contribution in [0.2, 0.25) is 0 Å². The summed E-state index contributed by atoms with van der Waals surface area (Å²) in [6.45, 7) is 4.08. The van der Waals surface area contributed by atoms with Crippen molar-refractivity contribution in [1.29, 1.82) is 0 Å². The first kappa shape index (κ1) is 18.2. The summed E-state index contributed by atoms with van der Waals surface area (Å²) in [6.07, 6.45) is 16.5. The Hall–Kier alpha value is -0.790. The van der Waals surface area contributed by atoms with Gasteiger partial charge in [-0.1, -0.05) is 70.8 Å². The van der Waals surface area contributed by atoms with E-state index in [1.165, 1.54) is 71.3 Å². The number of esters is 1. The molecular weight excluding hydrogens is 236 g/mol. The smallest absolute Gasteiger partial charge is 0.333 e. The van der Waals surface area contributed by atoms with Crippen LogP contribution in [0.1, 0.15) is 84.5 Å². The van der Waals surface area contributed by atoms with Crippen molar-refractivity contribution in [2.45, 2.75) is 84.5 Å². The number of allylic oxidation sites excluding steroid dienone is 1. The van der Waals surface area contributed by atoms with Gasteiger partial charge in [-0.15, -0.1) is 0 Å². The summed E-state index contributed by atoms with van der Waals surface area (Å²) in [7, 11) is 1.43. The lowest BCUT2D eigenvalue weighted by Gasteiger charge is -2.02. The minimum atomic E-state index is -0.202. The third-order valence-electron chi connectivity index (χ3n) is 3.52. The number of rotatable bonds is 12. The monoisotopic (exact) mass is 268 g/mol. The Morgan fingerprint density at radius 1 is 0.895 bits per heavy atom. The van der Waals surface area contributed by atoms with E-state index in [4.69, 9.17) is 0 Å². The number of carbonyl (C=O) groups excluding carboxylic acids is 1. The van der Waals surface area contributed by atoms with Gasteiger partial charge in [-0.2, -0.15) is 0 Å². The van der Waals surface area contributed by atoms with E-state index in [0.717, 1.165) is 12.0 Å². The zero-order chi connectivity index (χ0) is 14.3. The fourth-order valence-electron chi connectivity index (χ4n) is 2.19. The maximum Gasteiger partial charge on any atom is 0.333 e. The molecule has 19 heavy (non-hydrogen) atoms. The van der Waals surface area contributed by atoms with Crippen molar-refractivity contribution in [2.24, 2.45) is 0 Å². The van der Waals surface area contributed by atoms with E-state index in [2.05, 4.69) is 11.7 Å². The molecule has 0 aromatic rings. The molecule has 0 rings (SSSR count). The van der Waals surface area contributed by atoms with Crippen molar-refractivity contribution in [3.05, 3.63) is 11.6 Å². The molecule has 0 atom stereocenters. The summed E-state index contributed by atoms with van der Waals surface area (Å²) in [6, 6.07) is 0. The molecular formula is C17H32O2. The predicted octanol–water partition coefficient (Wildman–Crippen LogP) is 5.42. The van der Waals surface area contributed by atoms with Crippen LogP contribution in [-0.2, 0) is 9.53 Å². The Balaban J connectivity index is 3.25. The highest BCUT2D eigenvalue weighted by Crippen LogP contribution is 2.12. The summed E-state index contributed by atoms with van der Waals surface area (Å²) in [5.41, 5.74) is 0.735. The van der Waals surface area contributed by atoms with Crippen molar-refractivity contribution >= 4 is 5.97 Å². The molecule has 0 N–H and O–H groups in total. The van der Waals surface area contributed by atoms with Gasteiger partial charge in [0.05, 0.1) is 7.11 Å². The van der Waals surface area contributed by atoms with Gasteiger partial charge in [-0.3, -0.25) is 0 Å². The number of ether oxygens (including phenoxy) is 1. The SMILES string of the molecule is CCCCCCCCCCCCC=C(C)C(=O)OC. The number of unbranched alkanes of at least 4 members (excludes halogenated alkanes) is 10.